The third-order valence-electron chi connectivity index (χ3n) is 2.29. The molecule has 151 valence electrons. The number of hydrogen-bond donors (Lipinski definition) is 0. The average Bonchev–Trinajstić information content (AvgIpc) is 2.37. The summed E-state index contributed by atoms with van der Waals surface area (Å²) < 4.78 is 193. The van der Waals surface area contributed by atoms with Crippen LogP contribution >= 0.6 is 11.6 Å². The molecule has 0 unspecified atom stereocenters. The highest BCUT2D eigenvalue weighted by Gasteiger charge is 2.93. The maximum Gasteiger partial charge on any atom is 0.460 e. The highest BCUT2D eigenvalue weighted by atomic mass is 35.5. The Labute approximate surface area is 131 Å². The number of alkyl halides is 16. The molecule has 0 aromatic rings. The highest BCUT2D eigenvalue weighted by Crippen LogP contribution is 2.62. The van der Waals surface area contributed by atoms with Crippen LogP contribution in [0.2, 0.25) is 0 Å². The lowest BCUT2D eigenvalue weighted by Crippen LogP contribution is -2.72. The second kappa shape index (κ2) is 6.72. The van der Waals surface area contributed by atoms with Crippen molar-refractivity contribution in [2.75, 3.05) is 0 Å². The molecule has 3 radical (unpaired) electrons. The van der Waals surface area contributed by atoms with Gasteiger partial charge in [0.1, 0.15) is 6.38 Å². The van der Waals surface area contributed by atoms with Crippen LogP contribution in [0.3, 0.4) is 0 Å². The van der Waals surface area contributed by atoms with Crippen molar-refractivity contribution in [2.45, 2.75) is 42.0 Å². The van der Waals surface area contributed by atoms with Gasteiger partial charge in [-0.3, -0.25) is 0 Å². The predicted octanol–water partition coefficient (Wildman–Crippen LogP) is 6.06. The van der Waals surface area contributed by atoms with Crippen molar-refractivity contribution in [1.82, 2.24) is 0 Å². The van der Waals surface area contributed by atoms with Crippen LogP contribution in [0.4, 0.5) is 70.2 Å². The molecule has 0 aliphatic rings. The van der Waals surface area contributed by atoms with Crippen molar-refractivity contribution in [3.63, 3.8) is 0 Å². The first kappa shape index (κ1) is 26.4. The lowest BCUT2D eigenvalue weighted by Gasteiger charge is -2.39. The standard InChI is InChI=1S/C7F16.CCl/c8-1(9,2(10,11)4(14,15)6(18,19)20)3(12,13)5(16,17)7(21,22)23;1-2. The second-order valence-electron chi connectivity index (χ2n) is 3.87. The van der Waals surface area contributed by atoms with E-state index in [9.17, 15) is 70.2 Å². The quantitative estimate of drug-likeness (QED) is 0.471. The van der Waals surface area contributed by atoms with E-state index in [1.54, 1.807) is 0 Å². The van der Waals surface area contributed by atoms with Gasteiger partial charge in [0.2, 0.25) is 0 Å². The third kappa shape index (κ3) is 3.67. The molecule has 0 atom stereocenters. The molecule has 0 aliphatic heterocycles. The summed E-state index contributed by atoms with van der Waals surface area (Å²) in [7, 11) is 0. The monoisotopic (exact) mass is 435 g/mol. The maximum absolute atomic E-state index is 12.6. The normalized spacial score (nSPS) is 15.6. The van der Waals surface area contributed by atoms with Gasteiger partial charge >= 0.3 is 42.0 Å². The Balaban J connectivity index is 0. The van der Waals surface area contributed by atoms with Gasteiger partial charge < -0.3 is 0 Å². The van der Waals surface area contributed by atoms with Gasteiger partial charge in [-0.2, -0.15) is 70.2 Å². The van der Waals surface area contributed by atoms with E-state index in [0.29, 0.717) is 0 Å². The minimum Gasteiger partial charge on any atom is -0.192 e. The molecule has 0 spiro atoms. The Morgan fingerprint density at radius 2 is 0.440 bits per heavy atom. The summed E-state index contributed by atoms with van der Waals surface area (Å²) in [6.07, 6.45) is -10.1. The Morgan fingerprint density at radius 1 is 0.320 bits per heavy atom. The molecule has 0 rings (SSSR count). The molecule has 0 amide bonds. The largest absolute Gasteiger partial charge is 0.460 e. The van der Waals surface area contributed by atoms with Crippen molar-refractivity contribution in [3.05, 3.63) is 6.38 Å². The highest BCUT2D eigenvalue weighted by molar-refractivity contribution is 6.19. The van der Waals surface area contributed by atoms with E-state index in [0.717, 1.165) is 0 Å². The zero-order valence-corrected chi connectivity index (χ0v) is 11.2. The summed E-state index contributed by atoms with van der Waals surface area (Å²) >= 11 is 3.89. The van der Waals surface area contributed by atoms with Gasteiger partial charge in [0.25, 0.3) is 0 Å². The third-order valence-corrected chi connectivity index (χ3v) is 2.29. The van der Waals surface area contributed by atoms with Crippen LogP contribution in [-0.4, -0.2) is 42.0 Å². The number of halogens is 17. The van der Waals surface area contributed by atoms with Gasteiger partial charge in [0.05, 0.1) is 0 Å². The molecule has 0 heterocycles. The van der Waals surface area contributed by atoms with Gasteiger partial charge in [0.15, 0.2) is 0 Å². The fourth-order valence-electron chi connectivity index (χ4n) is 0.948. The van der Waals surface area contributed by atoms with Crippen molar-refractivity contribution in [1.29, 1.82) is 0 Å². The Bertz CT molecular complexity index is 402. The zero-order valence-electron chi connectivity index (χ0n) is 10.4. The van der Waals surface area contributed by atoms with Crippen molar-refractivity contribution >= 4 is 11.6 Å². The van der Waals surface area contributed by atoms with Gasteiger partial charge in [-0.15, -0.1) is 11.6 Å². The average molecular weight is 436 g/mol. The van der Waals surface area contributed by atoms with Crippen molar-refractivity contribution < 1.29 is 70.2 Å². The van der Waals surface area contributed by atoms with E-state index in [-0.39, 0.29) is 0 Å². The topological polar surface area (TPSA) is 0 Å². The Morgan fingerprint density at radius 3 is 0.560 bits per heavy atom. The molecule has 17 heteroatoms. The zero-order chi connectivity index (χ0) is 21.5. The first-order valence-corrected chi connectivity index (χ1v) is 5.09. The molecule has 0 bridgehead atoms. The van der Waals surface area contributed by atoms with Crippen molar-refractivity contribution in [3.8, 4) is 0 Å². The van der Waals surface area contributed by atoms with E-state index in [1.807, 2.05) is 0 Å². The van der Waals surface area contributed by atoms with Crippen LogP contribution in [0.5, 0.6) is 0 Å². The molecule has 0 N–H and O–H groups in total. The molecular weight excluding hydrogens is 436 g/mol. The Kier molecular flexibility index (Phi) is 7.10. The second-order valence-corrected chi connectivity index (χ2v) is 3.87. The summed E-state index contributed by atoms with van der Waals surface area (Å²) in [5.74, 6) is -41.2. The first-order chi connectivity index (χ1) is 10.5. The molecule has 0 fully saturated rings. The summed E-state index contributed by atoms with van der Waals surface area (Å²) in [6.45, 7) is 0. The van der Waals surface area contributed by atoms with Crippen LogP contribution in [0, 0.1) is 6.38 Å². The van der Waals surface area contributed by atoms with Gasteiger partial charge in [0, 0.05) is 0 Å². The van der Waals surface area contributed by atoms with Gasteiger partial charge in [-0.1, -0.05) is 0 Å². The molecule has 0 aromatic heterocycles. The Hall–Kier alpha value is -0.830. The van der Waals surface area contributed by atoms with E-state index in [1.165, 1.54) is 0 Å². The summed E-state index contributed by atoms with van der Waals surface area (Å²) in [6, 6.07) is 0. The van der Waals surface area contributed by atoms with Crippen molar-refractivity contribution in [2.24, 2.45) is 0 Å². The maximum atomic E-state index is 12.6. The van der Waals surface area contributed by atoms with Crippen LogP contribution < -0.4 is 0 Å². The summed E-state index contributed by atoms with van der Waals surface area (Å²) in [5, 5.41) is 0. The molecular formula is C8ClF16. The predicted molar refractivity (Wildman–Crippen MR) is 45.9 cm³/mol. The fraction of sp³-hybridized carbons (Fsp3) is 0.875. The molecule has 0 aliphatic carbocycles. The lowest BCUT2D eigenvalue weighted by atomic mass is 9.94. The van der Waals surface area contributed by atoms with E-state index < -0.39 is 42.0 Å². The lowest BCUT2D eigenvalue weighted by molar-refractivity contribution is -0.461. The molecule has 0 saturated carbocycles. The smallest absolute Gasteiger partial charge is 0.192 e. The number of rotatable bonds is 4. The minimum absolute atomic E-state index is 3.89. The summed E-state index contributed by atoms with van der Waals surface area (Å²) in [4.78, 5) is 0. The van der Waals surface area contributed by atoms with Gasteiger partial charge in [-0.05, 0) is 0 Å². The first-order valence-electron chi connectivity index (χ1n) is 4.71. The van der Waals surface area contributed by atoms with Crippen LogP contribution in [-0.2, 0) is 0 Å². The van der Waals surface area contributed by atoms with Crippen LogP contribution in [0.15, 0.2) is 0 Å². The number of hydrogen-bond acceptors (Lipinski definition) is 0. The van der Waals surface area contributed by atoms with E-state index in [4.69, 9.17) is 6.38 Å². The van der Waals surface area contributed by atoms with Gasteiger partial charge in [-0.25, -0.2) is 0 Å². The molecule has 25 heavy (non-hydrogen) atoms. The fourth-order valence-corrected chi connectivity index (χ4v) is 0.948. The SMILES string of the molecule is FC(F)(F)C(F)(F)C(F)(F)C(F)(F)C(F)(F)C(F)(F)C(F)(F)F.[C]Cl. The summed E-state index contributed by atoms with van der Waals surface area (Å²) in [5.41, 5.74) is 0. The molecule has 0 nitrogen and oxygen atoms in total. The van der Waals surface area contributed by atoms with Crippen LogP contribution in [0.25, 0.3) is 0 Å². The molecule has 0 aromatic carbocycles. The van der Waals surface area contributed by atoms with E-state index >= 15 is 0 Å². The molecule has 0 saturated heterocycles. The van der Waals surface area contributed by atoms with Crippen LogP contribution in [0.1, 0.15) is 0 Å². The minimum atomic E-state index is -8.43. The van der Waals surface area contributed by atoms with E-state index in [2.05, 4.69) is 11.6 Å².